The first-order valence-electron chi connectivity index (χ1n) is 9.59. The molecule has 2 amide bonds. The molecule has 0 fully saturated rings. The van der Waals surface area contributed by atoms with Crippen LogP contribution in [-0.4, -0.2) is 50.6 Å². The Morgan fingerprint density at radius 3 is 2.50 bits per heavy atom. The van der Waals surface area contributed by atoms with Crippen LogP contribution in [0.5, 0.6) is 11.5 Å². The van der Waals surface area contributed by atoms with Gasteiger partial charge in [0, 0.05) is 26.6 Å². The van der Waals surface area contributed by atoms with Gasteiger partial charge in [0.1, 0.15) is 6.04 Å². The summed E-state index contributed by atoms with van der Waals surface area (Å²) in [6.45, 7) is 2.31. The standard InChI is InChI=1S/C23H27ClN2O4/c1-5-30-20-15-17(13-18(24)22(20)29-4)11-12-21(27)25-19(23(28)26(2)3)14-16-9-7-6-8-10-16/h6-13,15,19H,5,14H2,1-4H3,(H,25,27)/b12-11+. The van der Waals surface area contributed by atoms with Gasteiger partial charge in [-0.1, -0.05) is 41.9 Å². The summed E-state index contributed by atoms with van der Waals surface area (Å²) in [6.07, 6.45) is 3.39. The molecule has 30 heavy (non-hydrogen) atoms. The van der Waals surface area contributed by atoms with E-state index in [0.29, 0.717) is 35.1 Å². The fourth-order valence-electron chi connectivity index (χ4n) is 2.90. The van der Waals surface area contributed by atoms with Crippen LogP contribution >= 0.6 is 11.6 Å². The maximum absolute atomic E-state index is 12.5. The number of nitrogens with zero attached hydrogens (tertiary/aromatic N) is 1. The Labute approximate surface area is 182 Å². The van der Waals surface area contributed by atoms with E-state index in [-0.39, 0.29) is 11.8 Å². The molecular formula is C23H27ClN2O4. The van der Waals surface area contributed by atoms with Gasteiger partial charge in [0.05, 0.1) is 18.7 Å². The average Bonchev–Trinajstić information content (AvgIpc) is 2.72. The molecule has 0 radical (unpaired) electrons. The highest BCUT2D eigenvalue weighted by Crippen LogP contribution is 2.36. The van der Waals surface area contributed by atoms with Gasteiger partial charge in [-0.15, -0.1) is 0 Å². The van der Waals surface area contributed by atoms with Gasteiger partial charge in [-0.25, -0.2) is 0 Å². The van der Waals surface area contributed by atoms with Gasteiger partial charge in [0.15, 0.2) is 11.5 Å². The summed E-state index contributed by atoms with van der Waals surface area (Å²) >= 11 is 6.25. The lowest BCUT2D eigenvalue weighted by atomic mass is 10.0. The van der Waals surface area contributed by atoms with Gasteiger partial charge < -0.3 is 19.7 Å². The van der Waals surface area contributed by atoms with Crippen molar-refractivity contribution in [2.45, 2.75) is 19.4 Å². The molecule has 0 bridgehead atoms. The molecule has 160 valence electrons. The zero-order valence-corrected chi connectivity index (χ0v) is 18.4. The number of hydrogen-bond donors (Lipinski definition) is 1. The van der Waals surface area contributed by atoms with Gasteiger partial charge in [-0.2, -0.15) is 0 Å². The van der Waals surface area contributed by atoms with Crippen molar-refractivity contribution >= 4 is 29.5 Å². The summed E-state index contributed by atoms with van der Waals surface area (Å²) in [7, 11) is 4.84. The van der Waals surface area contributed by atoms with Crippen molar-refractivity contribution in [3.05, 3.63) is 64.7 Å². The molecule has 0 aliphatic heterocycles. The number of hydrogen-bond acceptors (Lipinski definition) is 4. The van der Waals surface area contributed by atoms with Crippen molar-refractivity contribution < 1.29 is 19.1 Å². The summed E-state index contributed by atoms with van der Waals surface area (Å²) in [5.74, 6) is 0.389. The fourth-order valence-corrected chi connectivity index (χ4v) is 3.19. The molecular weight excluding hydrogens is 404 g/mol. The fraction of sp³-hybridized carbons (Fsp3) is 0.304. The Hall–Kier alpha value is -2.99. The highest BCUT2D eigenvalue weighted by molar-refractivity contribution is 6.32. The van der Waals surface area contributed by atoms with Crippen molar-refractivity contribution in [1.82, 2.24) is 10.2 Å². The second kappa shape index (κ2) is 11.3. The van der Waals surface area contributed by atoms with E-state index < -0.39 is 6.04 Å². The lowest BCUT2D eigenvalue weighted by Crippen LogP contribution is -2.47. The first kappa shape index (κ1) is 23.3. The van der Waals surface area contributed by atoms with E-state index in [9.17, 15) is 9.59 Å². The van der Waals surface area contributed by atoms with Gasteiger partial charge in [0.25, 0.3) is 0 Å². The van der Waals surface area contributed by atoms with E-state index in [2.05, 4.69) is 5.32 Å². The molecule has 2 rings (SSSR count). The number of ether oxygens (including phenoxy) is 2. The Bertz CT molecular complexity index is 898. The molecule has 0 saturated heterocycles. The second-order valence-corrected chi connectivity index (χ2v) is 7.19. The Morgan fingerprint density at radius 1 is 1.20 bits per heavy atom. The van der Waals surface area contributed by atoms with Gasteiger partial charge >= 0.3 is 0 Å². The Kier molecular flexibility index (Phi) is 8.74. The molecule has 0 saturated carbocycles. The number of rotatable bonds is 9. The number of likely N-dealkylation sites (N-methyl/N-ethyl adjacent to an activating group) is 1. The van der Waals surface area contributed by atoms with E-state index in [4.69, 9.17) is 21.1 Å². The summed E-state index contributed by atoms with van der Waals surface area (Å²) in [5, 5.41) is 3.17. The third-order valence-corrected chi connectivity index (χ3v) is 4.58. The molecule has 6 nitrogen and oxygen atoms in total. The zero-order valence-electron chi connectivity index (χ0n) is 17.6. The summed E-state index contributed by atoms with van der Waals surface area (Å²) in [6, 6.07) is 12.3. The first-order valence-corrected chi connectivity index (χ1v) is 9.97. The average molecular weight is 431 g/mol. The van der Waals surface area contributed by atoms with E-state index >= 15 is 0 Å². The van der Waals surface area contributed by atoms with Crippen LogP contribution in [-0.2, 0) is 16.0 Å². The van der Waals surface area contributed by atoms with Crippen molar-refractivity contribution in [3.8, 4) is 11.5 Å². The molecule has 0 heterocycles. The van der Waals surface area contributed by atoms with Crippen LogP contribution in [0.15, 0.2) is 48.5 Å². The summed E-state index contributed by atoms with van der Waals surface area (Å²) in [5.41, 5.74) is 1.64. The van der Waals surface area contributed by atoms with E-state index in [0.717, 1.165) is 5.56 Å². The topological polar surface area (TPSA) is 67.9 Å². The molecule has 1 unspecified atom stereocenters. The van der Waals surface area contributed by atoms with Crippen molar-refractivity contribution in [2.75, 3.05) is 27.8 Å². The minimum atomic E-state index is -0.669. The van der Waals surface area contributed by atoms with Crippen LogP contribution in [0.1, 0.15) is 18.1 Å². The molecule has 0 spiro atoms. The quantitative estimate of drug-likeness (QED) is 0.617. The van der Waals surface area contributed by atoms with E-state index in [1.807, 2.05) is 37.3 Å². The maximum atomic E-state index is 12.5. The predicted molar refractivity (Wildman–Crippen MR) is 119 cm³/mol. The van der Waals surface area contributed by atoms with Crippen LogP contribution in [0.3, 0.4) is 0 Å². The molecule has 1 atom stereocenters. The first-order chi connectivity index (χ1) is 14.3. The van der Waals surface area contributed by atoms with Crippen molar-refractivity contribution in [3.63, 3.8) is 0 Å². The van der Waals surface area contributed by atoms with Crippen LogP contribution in [0.2, 0.25) is 5.02 Å². The number of nitrogens with one attached hydrogen (secondary N) is 1. The normalized spacial score (nSPS) is 11.8. The molecule has 2 aromatic carbocycles. The zero-order chi connectivity index (χ0) is 22.1. The van der Waals surface area contributed by atoms with E-state index in [1.165, 1.54) is 18.1 Å². The highest BCUT2D eigenvalue weighted by atomic mass is 35.5. The number of carbonyl (C=O) groups is 2. The number of carbonyl (C=O) groups excluding carboxylic acids is 2. The molecule has 2 aromatic rings. The maximum Gasteiger partial charge on any atom is 0.244 e. The summed E-state index contributed by atoms with van der Waals surface area (Å²) in [4.78, 5) is 26.5. The van der Waals surface area contributed by atoms with Crippen LogP contribution < -0.4 is 14.8 Å². The number of methoxy groups -OCH3 is 1. The van der Waals surface area contributed by atoms with Crippen molar-refractivity contribution in [1.29, 1.82) is 0 Å². The SMILES string of the molecule is CCOc1cc(/C=C/C(=O)NC(Cc2ccccc2)C(=O)N(C)C)cc(Cl)c1OC. The number of halogens is 1. The van der Waals surface area contributed by atoms with Gasteiger partial charge in [-0.05, 0) is 36.3 Å². The second-order valence-electron chi connectivity index (χ2n) is 6.78. The van der Waals surface area contributed by atoms with Crippen molar-refractivity contribution in [2.24, 2.45) is 0 Å². The van der Waals surface area contributed by atoms with E-state index in [1.54, 1.807) is 32.3 Å². The largest absolute Gasteiger partial charge is 0.491 e. The Morgan fingerprint density at radius 2 is 1.90 bits per heavy atom. The third-order valence-electron chi connectivity index (χ3n) is 4.30. The molecule has 0 aromatic heterocycles. The van der Waals surface area contributed by atoms with Crippen LogP contribution in [0.25, 0.3) is 6.08 Å². The predicted octanol–water partition coefficient (Wildman–Crippen LogP) is 3.58. The smallest absolute Gasteiger partial charge is 0.244 e. The van der Waals surface area contributed by atoms with Gasteiger partial charge in [-0.3, -0.25) is 9.59 Å². The lowest BCUT2D eigenvalue weighted by molar-refractivity contribution is -0.133. The molecule has 1 N–H and O–H groups in total. The Balaban J connectivity index is 2.16. The monoisotopic (exact) mass is 430 g/mol. The van der Waals surface area contributed by atoms with Crippen LogP contribution in [0.4, 0.5) is 0 Å². The third kappa shape index (κ3) is 6.52. The number of amides is 2. The van der Waals surface area contributed by atoms with Gasteiger partial charge in [0.2, 0.25) is 11.8 Å². The van der Waals surface area contributed by atoms with Crippen LogP contribution in [0, 0.1) is 0 Å². The minimum Gasteiger partial charge on any atom is -0.491 e. The molecule has 7 heteroatoms. The summed E-state index contributed by atoms with van der Waals surface area (Å²) < 4.78 is 10.8. The number of benzene rings is 2. The highest BCUT2D eigenvalue weighted by Gasteiger charge is 2.22. The molecule has 0 aliphatic carbocycles. The molecule has 0 aliphatic rings. The lowest BCUT2D eigenvalue weighted by Gasteiger charge is -2.21. The minimum absolute atomic E-state index is 0.174.